The Labute approximate surface area is 99.5 Å². The van der Waals surface area contributed by atoms with Crippen molar-refractivity contribution in [3.05, 3.63) is 28.2 Å². The molecule has 0 N–H and O–H groups in total. The van der Waals surface area contributed by atoms with Crippen LogP contribution in [0.3, 0.4) is 0 Å². The fraction of sp³-hybridized carbons (Fsp3) is 0.400. The van der Waals surface area contributed by atoms with Gasteiger partial charge >= 0.3 is 6.18 Å². The van der Waals surface area contributed by atoms with Gasteiger partial charge in [-0.1, -0.05) is 15.9 Å². The fourth-order valence-electron chi connectivity index (χ4n) is 1.05. The zero-order valence-electron chi connectivity index (χ0n) is 8.47. The molecule has 0 aliphatic carbocycles. The van der Waals surface area contributed by atoms with Gasteiger partial charge in [-0.15, -0.1) is 0 Å². The zero-order chi connectivity index (χ0) is 12.2. The Hall–Kier alpha value is -0.750. The van der Waals surface area contributed by atoms with Crippen LogP contribution in [0.25, 0.3) is 0 Å². The average Bonchev–Trinajstić information content (AvgIpc) is 2.16. The highest BCUT2D eigenvalue weighted by Gasteiger charge is 2.31. The van der Waals surface area contributed by atoms with Gasteiger partial charge in [-0.05, 0) is 18.2 Å². The van der Waals surface area contributed by atoms with Crippen LogP contribution in [0.15, 0.2) is 22.7 Å². The molecule has 0 aliphatic rings. The number of hydrogen-bond donors (Lipinski definition) is 0. The van der Waals surface area contributed by atoms with Crippen molar-refractivity contribution in [2.75, 3.05) is 20.3 Å². The van der Waals surface area contributed by atoms with Gasteiger partial charge in [0.15, 0.2) is 0 Å². The quantitative estimate of drug-likeness (QED) is 0.792. The van der Waals surface area contributed by atoms with E-state index in [4.69, 9.17) is 9.47 Å². The molecule has 0 aliphatic heterocycles. The van der Waals surface area contributed by atoms with E-state index in [-0.39, 0.29) is 12.4 Å². The molecule has 0 amide bonds. The molecule has 0 heterocycles. The predicted molar refractivity (Wildman–Crippen MR) is 56.5 cm³/mol. The summed E-state index contributed by atoms with van der Waals surface area (Å²) in [5.41, 5.74) is -0.741. The van der Waals surface area contributed by atoms with Gasteiger partial charge in [0.1, 0.15) is 12.4 Å². The lowest BCUT2D eigenvalue weighted by molar-refractivity contribution is -0.137. The molecule has 0 radical (unpaired) electrons. The van der Waals surface area contributed by atoms with Crippen molar-refractivity contribution in [2.45, 2.75) is 6.18 Å². The monoisotopic (exact) mass is 298 g/mol. The van der Waals surface area contributed by atoms with E-state index in [9.17, 15) is 13.2 Å². The third-order valence-corrected chi connectivity index (χ3v) is 2.21. The highest BCUT2D eigenvalue weighted by Crippen LogP contribution is 2.34. The van der Waals surface area contributed by atoms with Crippen molar-refractivity contribution in [3.63, 3.8) is 0 Å². The van der Waals surface area contributed by atoms with Crippen molar-refractivity contribution < 1.29 is 22.6 Å². The van der Waals surface area contributed by atoms with E-state index in [0.717, 1.165) is 12.1 Å². The summed E-state index contributed by atoms with van der Waals surface area (Å²) in [6.07, 6.45) is -4.37. The number of rotatable bonds is 4. The molecule has 0 spiro atoms. The number of benzene rings is 1. The first-order valence-electron chi connectivity index (χ1n) is 4.43. The first-order valence-corrected chi connectivity index (χ1v) is 5.22. The maximum Gasteiger partial charge on any atom is 0.416 e. The second-order valence-corrected chi connectivity index (χ2v) is 3.93. The van der Waals surface area contributed by atoms with Crippen LogP contribution in [0.1, 0.15) is 5.56 Å². The lowest BCUT2D eigenvalue weighted by Gasteiger charge is -2.11. The van der Waals surface area contributed by atoms with Crippen LogP contribution in [-0.4, -0.2) is 20.3 Å². The minimum atomic E-state index is -4.37. The molecule has 16 heavy (non-hydrogen) atoms. The molecule has 90 valence electrons. The summed E-state index contributed by atoms with van der Waals surface area (Å²) in [4.78, 5) is 0. The molecular formula is C10H10BrF3O2. The van der Waals surface area contributed by atoms with E-state index in [1.54, 1.807) is 0 Å². The van der Waals surface area contributed by atoms with Crippen LogP contribution < -0.4 is 4.74 Å². The molecule has 0 saturated carbocycles. The Morgan fingerprint density at radius 3 is 2.44 bits per heavy atom. The van der Waals surface area contributed by atoms with Gasteiger partial charge in [0.25, 0.3) is 0 Å². The van der Waals surface area contributed by atoms with E-state index < -0.39 is 11.7 Å². The molecule has 0 unspecified atom stereocenters. The van der Waals surface area contributed by atoms with Gasteiger partial charge in [0, 0.05) is 11.6 Å². The summed E-state index contributed by atoms with van der Waals surface area (Å²) in [7, 11) is 1.49. The van der Waals surface area contributed by atoms with E-state index >= 15 is 0 Å². The van der Waals surface area contributed by atoms with Crippen LogP contribution in [0.4, 0.5) is 13.2 Å². The second kappa shape index (κ2) is 5.54. The third-order valence-electron chi connectivity index (χ3n) is 1.75. The Balaban J connectivity index is 2.82. The summed E-state index contributed by atoms with van der Waals surface area (Å²) < 4.78 is 47.5. The standard InChI is InChI=1S/C10H10BrF3O2/c1-15-2-3-16-9-5-7(10(12,13)14)4-8(11)6-9/h4-6H,2-3H2,1H3. The molecule has 2 nitrogen and oxygen atoms in total. The molecule has 0 saturated heterocycles. The molecule has 6 heteroatoms. The van der Waals surface area contributed by atoms with Gasteiger partial charge < -0.3 is 9.47 Å². The molecule has 0 fully saturated rings. The van der Waals surface area contributed by atoms with Crippen molar-refractivity contribution >= 4 is 15.9 Å². The molecular weight excluding hydrogens is 289 g/mol. The smallest absolute Gasteiger partial charge is 0.416 e. The van der Waals surface area contributed by atoms with E-state index in [0.29, 0.717) is 11.1 Å². The van der Waals surface area contributed by atoms with Crippen LogP contribution in [0.2, 0.25) is 0 Å². The van der Waals surface area contributed by atoms with Crippen molar-refractivity contribution in [1.29, 1.82) is 0 Å². The van der Waals surface area contributed by atoms with Crippen LogP contribution >= 0.6 is 15.9 Å². The number of methoxy groups -OCH3 is 1. The molecule has 1 aromatic carbocycles. The van der Waals surface area contributed by atoms with Crippen molar-refractivity contribution in [1.82, 2.24) is 0 Å². The molecule has 0 atom stereocenters. The normalized spacial score (nSPS) is 11.6. The summed E-state index contributed by atoms with van der Waals surface area (Å²) in [6.45, 7) is 0.540. The van der Waals surface area contributed by atoms with Gasteiger partial charge in [-0.2, -0.15) is 13.2 Å². The van der Waals surface area contributed by atoms with Crippen LogP contribution in [0, 0.1) is 0 Å². The maximum atomic E-state index is 12.4. The summed E-state index contributed by atoms with van der Waals surface area (Å²) in [5, 5.41) is 0. The van der Waals surface area contributed by atoms with Gasteiger partial charge in [-0.3, -0.25) is 0 Å². The SMILES string of the molecule is COCCOc1cc(Br)cc(C(F)(F)F)c1. The van der Waals surface area contributed by atoms with Gasteiger partial charge in [0.2, 0.25) is 0 Å². The van der Waals surface area contributed by atoms with Gasteiger partial charge in [0.05, 0.1) is 12.2 Å². The summed E-state index contributed by atoms with van der Waals surface area (Å²) in [5.74, 6) is 0.166. The number of hydrogen-bond acceptors (Lipinski definition) is 2. The number of halogens is 4. The first kappa shape index (κ1) is 13.3. The average molecular weight is 299 g/mol. The largest absolute Gasteiger partial charge is 0.491 e. The highest BCUT2D eigenvalue weighted by atomic mass is 79.9. The third kappa shape index (κ3) is 4.02. The van der Waals surface area contributed by atoms with E-state index in [2.05, 4.69) is 15.9 Å². The van der Waals surface area contributed by atoms with E-state index in [1.165, 1.54) is 13.2 Å². The molecule has 0 bridgehead atoms. The van der Waals surface area contributed by atoms with Crippen molar-refractivity contribution in [3.8, 4) is 5.75 Å². The lowest BCUT2D eigenvalue weighted by Crippen LogP contribution is -2.07. The summed E-state index contributed by atoms with van der Waals surface area (Å²) >= 11 is 3.00. The minimum absolute atomic E-state index is 0.166. The Morgan fingerprint density at radius 1 is 1.19 bits per heavy atom. The van der Waals surface area contributed by atoms with Crippen LogP contribution in [-0.2, 0) is 10.9 Å². The second-order valence-electron chi connectivity index (χ2n) is 3.01. The maximum absolute atomic E-state index is 12.4. The van der Waals surface area contributed by atoms with E-state index in [1.807, 2.05) is 0 Å². The number of alkyl halides is 3. The lowest BCUT2D eigenvalue weighted by atomic mass is 10.2. The summed E-state index contributed by atoms with van der Waals surface area (Å²) in [6, 6.07) is 3.44. The Bertz CT molecular complexity index is 352. The first-order chi connectivity index (χ1) is 7.43. The Morgan fingerprint density at radius 2 is 1.88 bits per heavy atom. The van der Waals surface area contributed by atoms with Gasteiger partial charge in [-0.25, -0.2) is 0 Å². The fourth-order valence-corrected chi connectivity index (χ4v) is 1.52. The molecule has 0 aromatic heterocycles. The predicted octanol–water partition coefficient (Wildman–Crippen LogP) is 3.49. The zero-order valence-corrected chi connectivity index (χ0v) is 10.1. The number of ether oxygens (including phenoxy) is 2. The highest BCUT2D eigenvalue weighted by molar-refractivity contribution is 9.10. The van der Waals surface area contributed by atoms with Crippen LogP contribution in [0.5, 0.6) is 5.75 Å². The molecule has 1 rings (SSSR count). The van der Waals surface area contributed by atoms with Crippen molar-refractivity contribution in [2.24, 2.45) is 0 Å². The Kier molecular flexibility index (Phi) is 4.61. The minimum Gasteiger partial charge on any atom is -0.491 e. The topological polar surface area (TPSA) is 18.5 Å². The molecule has 1 aromatic rings.